The van der Waals surface area contributed by atoms with Crippen LogP contribution in [-0.2, 0) is 12.8 Å². The molecule has 0 aliphatic heterocycles. The number of hydrogen-bond donors (Lipinski definition) is 0. The van der Waals surface area contributed by atoms with E-state index in [2.05, 4.69) is 46.8 Å². The molecule has 1 heterocycles. The Morgan fingerprint density at radius 2 is 2.05 bits per heavy atom. The van der Waals surface area contributed by atoms with Crippen LogP contribution in [0.2, 0.25) is 0 Å². The van der Waals surface area contributed by atoms with E-state index in [4.69, 9.17) is 0 Å². The van der Waals surface area contributed by atoms with Gasteiger partial charge in [0.15, 0.2) is 0 Å². The Hall–Kier alpha value is -1.83. The Morgan fingerprint density at radius 1 is 1.21 bits per heavy atom. The molecule has 0 atom stereocenters. The van der Waals surface area contributed by atoms with Gasteiger partial charge in [-0.15, -0.1) is 0 Å². The third-order valence-electron chi connectivity index (χ3n) is 3.78. The lowest BCUT2D eigenvalue weighted by Crippen LogP contribution is -2.04. The number of aryl methyl sites for hydroxylation is 2. The molecule has 0 bridgehead atoms. The Labute approximate surface area is 114 Å². The fraction of sp³-hybridized carbons (Fsp3) is 0.353. The second-order valence-corrected chi connectivity index (χ2v) is 5.13. The lowest BCUT2D eigenvalue weighted by Gasteiger charge is -2.17. The molecule has 0 saturated heterocycles. The van der Waals surface area contributed by atoms with Crippen molar-refractivity contribution in [2.45, 2.75) is 39.0 Å². The molecule has 1 aromatic carbocycles. The van der Waals surface area contributed by atoms with Crippen molar-refractivity contribution in [1.82, 2.24) is 9.55 Å². The summed E-state index contributed by atoms with van der Waals surface area (Å²) >= 11 is 0. The summed E-state index contributed by atoms with van der Waals surface area (Å²) in [5.41, 5.74) is 4.28. The van der Waals surface area contributed by atoms with E-state index in [0.29, 0.717) is 0 Å². The second kappa shape index (κ2) is 5.43. The Balaban J connectivity index is 1.98. The molecule has 19 heavy (non-hydrogen) atoms. The van der Waals surface area contributed by atoms with Crippen LogP contribution in [0.3, 0.4) is 0 Å². The number of allylic oxidation sites excluding steroid dienone is 1. The van der Waals surface area contributed by atoms with Crippen molar-refractivity contribution in [2.24, 2.45) is 0 Å². The summed E-state index contributed by atoms with van der Waals surface area (Å²) in [6.07, 6.45) is 14.3. The van der Waals surface area contributed by atoms with Crippen molar-refractivity contribution in [3.63, 3.8) is 0 Å². The summed E-state index contributed by atoms with van der Waals surface area (Å²) in [5, 5.41) is 0. The number of fused-ring (bicyclic) bond motifs is 1. The molecule has 0 unspecified atom stereocenters. The van der Waals surface area contributed by atoms with Gasteiger partial charge in [-0.1, -0.05) is 19.1 Å². The molecule has 0 amide bonds. The fourth-order valence-corrected chi connectivity index (χ4v) is 2.75. The number of rotatable bonds is 3. The minimum Gasteiger partial charge on any atom is -0.300 e. The van der Waals surface area contributed by atoms with Crippen LogP contribution in [0.15, 0.2) is 36.7 Å². The van der Waals surface area contributed by atoms with Crippen molar-refractivity contribution in [3.05, 3.63) is 53.6 Å². The summed E-state index contributed by atoms with van der Waals surface area (Å²) in [4.78, 5) is 4.42. The molecular weight excluding hydrogens is 232 g/mol. The molecule has 0 fully saturated rings. The molecule has 0 saturated carbocycles. The number of benzene rings is 1. The van der Waals surface area contributed by atoms with E-state index in [9.17, 15) is 0 Å². The van der Waals surface area contributed by atoms with Gasteiger partial charge in [0.1, 0.15) is 5.82 Å². The summed E-state index contributed by atoms with van der Waals surface area (Å²) in [6.45, 7) is 2.14. The number of hydrogen-bond acceptors (Lipinski definition) is 1. The van der Waals surface area contributed by atoms with Gasteiger partial charge in [-0.25, -0.2) is 4.98 Å². The van der Waals surface area contributed by atoms with E-state index >= 15 is 0 Å². The average Bonchev–Trinajstić information content (AvgIpc) is 2.93. The third-order valence-corrected chi connectivity index (χ3v) is 3.78. The highest BCUT2D eigenvalue weighted by Crippen LogP contribution is 2.24. The minimum atomic E-state index is 1.01. The zero-order valence-electron chi connectivity index (χ0n) is 11.5. The van der Waals surface area contributed by atoms with Crippen LogP contribution >= 0.6 is 0 Å². The fourth-order valence-electron chi connectivity index (χ4n) is 2.75. The van der Waals surface area contributed by atoms with Gasteiger partial charge in [0.25, 0.3) is 0 Å². The van der Waals surface area contributed by atoms with E-state index in [1.165, 1.54) is 42.5 Å². The molecule has 1 aliphatic carbocycles. The predicted octanol–water partition coefficient (Wildman–Crippen LogP) is 4.17. The smallest absolute Gasteiger partial charge is 0.136 e. The average molecular weight is 252 g/mol. The third kappa shape index (κ3) is 2.48. The van der Waals surface area contributed by atoms with Crippen molar-refractivity contribution in [3.8, 4) is 5.69 Å². The van der Waals surface area contributed by atoms with E-state index in [1.54, 1.807) is 0 Å². The van der Waals surface area contributed by atoms with Crippen LogP contribution in [0.1, 0.15) is 43.1 Å². The van der Waals surface area contributed by atoms with Gasteiger partial charge >= 0.3 is 0 Å². The minimum absolute atomic E-state index is 1.01. The zero-order valence-corrected chi connectivity index (χ0v) is 11.5. The molecule has 0 spiro atoms. The first-order valence-corrected chi connectivity index (χ1v) is 7.20. The highest BCUT2D eigenvalue weighted by Gasteiger charge is 2.10. The molecule has 2 nitrogen and oxygen atoms in total. The molecule has 98 valence electrons. The summed E-state index contributed by atoms with van der Waals surface area (Å²) in [7, 11) is 0. The first kappa shape index (κ1) is 12.2. The highest BCUT2D eigenvalue weighted by atomic mass is 15.1. The highest BCUT2D eigenvalue weighted by molar-refractivity contribution is 5.48. The van der Waals surface area contributed by atoms with Crippen molar-refractivity contribution < 1.29 is 0 Å². The van der Waals surface area contributed by atoms with Crippen molar-refractivity contribution >= 4 is 6.08 Å². The summed E-state index contributed by atoms with van der Waals surface area (Å²) in [6, 6.07) is 6.84. The molecule has 3 rings (SSSR count). The Morgan fingerprint density at radius 3 is 2.89 bits per heavy atom. The maximum absolute atomic E-state index is 4.42. The number of nitrogens with zero attached hydrogens (tertiary/aromatic N) is 2. The zero-order chi connectivity index (χ0) is 13.1. The molecular formula is C17H20N2. The maximum atomic E-state index is 4.42. The normalized spacial score (nSPS) is 14.8. The lowest BCUT2D eigenvalue weighted by molar-refractivity contribution is 0.685. The molecule has 0 radical (unpaired) electrons. The number of imidazole rings is 1. The van der Waals surface area contributed by atoms with E-state index in [0.717, 1.165) is 12.2 Å². The van der Waals surface area contributed by atoms with Gasteiger partial charge in [0.2, 0.25) is 0 Å². The van der Waals surface area contributed by atoms with E-state index in [-0.39, 0.29) is 0 Å². The SMILES string of the molecule is CC/C=C/c1nccn1-c1ccc2c(c1)CCCC2. The first-order chi connectivity index (χ1) is 9.38. The van der Waals surface area contributed by atoms with Gasteiger partial charge in [-0.05, 0) is 61.4 Å². The van der Waals surface area contributed by atoms with Crippen molar-refractivity contribution in [2.75, 3.05) is 0 Å². The lowest BCUT2D eigenvalue weighted by atomic mass is 9.91. The van der Waals surface area contributed by atoms with Gasteiger partial charge in [-0.2, -0.15) is 0 Å². The predicted molar refractivity (Wildman–Crippen MR) is 79.5 cm³/mol. The Kier molecular flexibility index (Phi) is 3.49. The molecule has 1 aliphatic rings. The van der Waals surface area contributed by atoms with Crippen LogP contribution in [0.5, 0.6) is 0 Å². The van der Waals surface area contributed by atoms with Crippen LogP contribution in [-0.4, -0.2) is 9.55 Å². The standard InChI is InChI=1S/C17H20N2/c1-2-3-8-17-18-11-12-19(17)16-10-9-14-6-4-5-7-15(14)13-16/h3,8-13H,2,4-7H2,1H3/b8-3+. The van der Waals surface area contributed by atoms with Crippen LogP contribution in [0.25, 0.3) is 11.8 Å². The monoisotopic (exact) mass is 252 g/mol. The molecule has 2 aromatic rings. The summed E-state index contributed by atoms with van der Waals surface area (Å²) in [5.74, 6) is 1.01. The van der Waals surface area contributed by atoms with E-state index < -0.39 is 0 Å². The van der Waals surface area contributed by atoms with Crippen molar-refractivity contribution in [1.29, 1.82) is 0 Å². The second-order valence-electron chi connectivity index (χ2n) is 5.13. The Bertz CT molecular complexity index is 593. The van der Waals surface area contributed by atoms with Gasteiger partial charge in [0, 0.05) is 18.1 Å². The summed E-state index contributed by atoms with van der Waals surface area (Å²) < 4.78 is 2.17. The molecule has 1 aromatic heterocycles. The van der Waals surface area contributed by atoms with Crippen LogP contribution in [0, 0.1) is 0 Å². The molecule has 2 heteroatoms. The largest absolute Gasteiger partial charge is 0.300 e. The van der Waals surface area contributed by atoms with Crippen LogP contribution in [0.4, 0.5) is 0 Å². The van der Waals surface area contributed by atoms with Gasteiger partial charge in [0.05, 0.1) is 0 Å². The van der Waals surface area contributed by atoms with Gasteiger partial charge < -0.3 is 4.57 Å². The number of aromatic nitrogens is 2. The van der Waals surface area contributed by atoms with Gasteiger partial charge in [-0.3, -0.25) is 0 Å². The topological polar surface area (TPSA) is 17.8 Å². The van der Waals surface area contributed by atoms with E-state index in [1.807, 2.05) is 12.4 Å². The van der Waals surface area contributed by atoms with Crippen LogP contribution < -0.4 is 0 Å². The molecule has 0 N–H and O–H groups in total. The quantitative estimate of drug-likeness (QED) is 0.801. The first-order valence-electron chi connectivity index (χ1n) is 7.20. The maximum Gasteiger partial charge on any atom is 0.136 e.